The Kier molecular flexibility index (Phi) is 5.68. The minimum Gasteiger partial charge on any atom is -0.348 e. The van der Waals surface area contributed by atoms with Crippen molar-refractivity contribution in [2.24, 2.45) is 0 Å². The summed E-state index contributed by atoms with van der Waals surface area (Å²) in [6.07, 6.45) is 2.79. The maximum atomic E-state index is 13.6. The number of halogens is 1. The zero-order chi connectivity index (χ0) is 18.6. The molecule has 2 aromatic carbocycles. The third kappa shape index (κ3) is 4.11. The molecule has 1 fully saturated rings. The Morgan fingerprint density at radius 2 is 1.65 bits per heavy atom. The third-order valence-electron chi connectivity index (χ3n) is 4.47. The first-order chi connectivity index (χ1) is 12.5. The van der Waals surface area contributed by atoms with Gasteiger partial charge in [-0.2, -0.15) is 4.31 Å². The standard InChI is InChI=1S/C19H21FN2O3S/c20-18-7-3-2-6-16(18)14-21-19(23)15-8-10-17(11-9-15)26(24,25)22-12-4-1-5-13-22/h2-3,6-11H,1,4-5,12-14H2,(H,21,23). The number of nitrogens with zero attached hydrogens (tertiary/aromatic N) is 1. The molecule has 0 saturated carbocycles. The van der Waals surface area contributed by atoms with E-state index in [-0.39, 0.29) is 23.2 Å². The molecule has 1 amide bonds. The van der Waals surface area contributed by atoms with Crippen molar-refractivity contribution in [3.8, 4) is 0 Å². The van der Waals surface area contributed by atoms with Crippen molar-refractivity contribution in [1.29, 1.82) is 0 Å². The summed E-state index contributed by atoms with van der Waals surface area (Å²) in [7, 11) is -3.51. The molecule has 1 aliphatic heterocycles. The second-order valence-electron chi connectivity index (χ2n) is 6.26. The van der Waals surface area contributed by atoms with E-state index >= 15 is 0 Å². The van der Waals surface area contributed by atoms with Crippen molar-refractivity contribution in [2.75, 3.05) is 13.1 Å². The maximum absolute atomic E-state index is 13.6. The van der Waals surface area contributed by atoms with Crippen LogP contribution in [0.1, 0.15) is 35.2 Å². The highest BCUT2D eigenvalue weighted by Crippen LogP contribution is 2.21. The van der Waals surface area contributed by atoms with Gasteiger partial charge in [0.15, 0.2) is 0 Å². The molecule has 0 aromatic heterocycles. The summed E-state index contributed by atoms with van der Waals surface area (Å²) in [6.45, 7) is 1.14. The Hall–Kier alpha value is -2.25. The minimum absolute atomic E-state index is 0.0688. The van der Waals surface area contributed by atoms with E-state index in [1.807, 2.05) is 0 Å². The van der Waals surface area contributed by atoms with Crippen LogP contribution >= 0.6 is 0 Å². The molecule has 2 aromatic rings. The predicted molar refractivity (Wildman–Crippen MR) is 96.6 cm³/mol. The molecule has 138 valence electrons. The summed E-state index contributed by atoms with van der Waals surface area (Å²) in [5.41, 5.74) is 0.726. The van der Waals surface area contributed by atoms with Gasteiger partial charge < -0.3 is 5.32 Å². The Bertz CT molecular complexity index is 876. The number of piperidine rings is 1. The summed E-state index contributed by atoms with van der Waals surface area (Å²) < 4.78 is 40.3. The first-order valence-electron chi connectivity index (χ1n) is 8.60. The number of hydrogen-bond acceptors (Lipinski definition) is 3. The van der Waals surface area contributed by atoms with Crippen molar-refractivity contribution in [3.05, 3.63) is 65.5 Å². The molecule has 0 bridgehead atoms. The summed E-state index contributed by atoms with van der Waals surface area (Å²) in [6, 6.07) is 12.1. The highest BCUT2D eigenvalue weighted by atomic mass is 32.2. The molecule has 1 heterocycles. The number of rotatable bonds is 5. The van der Waals surface area contributed by atoms with Crippen molar-refractivity contribution in [3.63, 3.8) is 0 Å². The van der Waals surface area contributed by atoms with Gasteiger partial charge in [-0.3, -0.25) is 4.79 Å². The van der Waals surface area contributed by atoms with Gasteiger partial charge in [-0.05, 0) is 43.2 Å². The van der Waals surface area contributed by atoms with E-state index in [9.17, 15) is 17.6 Å². The lowest BCUT2D eigenvalue weighted by molar-refractivity contribution is 0.0950. The van der Waals surface area contributed by atoms with E-state index < -0.39 is 10.0 Å². The smallest absolute Gasteiger partial charge is 0.251 e. The average molecular weight is 376 g/mol. The van der Waals surface area contributed by atoms with Crippen molar-refractivity contribution in [1.82, 2.24) is 9.62 Å². The van der Waals surface area contributed by atoms with Gasteiger partial charge in [0.25, 0.3) is 5.91 Å². The second-order valence-corrected chi connectivity index (χ2v) is 8.20. The van der Waals surface area contributed by atoms with Crippen LogP contribution in [0, 0.1) is 5.82 Å². The van der Waals surface area contributed by atoms with Crippen LogP contribution in [0.15, 0.2) is 53.4 Å². The van der Waals surface area contributed by atoms with E-state index in [2.05, 4.69) is 5.32 Å². The van der Waals surface area contributed by atoms with Gasteiger partial charge in [-0.1, -0.05) is 24.6 Å². The summed E-state index contributed by atoms with van der Waals surface area (Å²) in [5.74, 6) is -0.758. The van der Waals surface area contributed by atoms with E-state index in [1.54, 1.807) is 18.2 Å². The number of carbonyl (C=O) groups excluding carboxylic acids is 1. The van der Waals surface area contributed by atoms with E-state index in [1.165, 1.54) is 34.6 Å². The Morgan fingerprint density at radius 3 is 2.31 bits per heavy atom. The Morgan fingerprint density at radius 1 is 1.00 bits per heavy atom. The lowest BCUT2D eigenvalue weighted by Crippen LogP contribution is -2.35. The Labute approximate surface area is 152 Å². The number of sulfonamides is 1. The number of nitrogens with one attached hydrogen (secondary N) is 1. The summed E-state index contributed by atoms with van der Waals surface area (Å²) in [4.78, 5) is 12.4. The van der Waals surface area contributed by atoms with Crippen LogP contribution in [0.3, 0.4) is 0 Å². The molecule has 5 nitrogen and oxygen atoms in total. The zero-order valence-corrected chi connectivity index (χ0v) is 15.1. The van der Waals surface area contributed by atoms with Gasteiger partial charge in [0, 0.05) is 30.8 Å². The summed E-state index contributed by atoms with van der Waals surface area (Å²) in [5, 5.41) is 2.64. The molecule has 0 spiro atoms. The second kappa shape index (κ2) is 7.97. The largest absolute Gasteiger partial charge is 0.348 e. The van der Waals surface area contributed by atoms with Gasteiger partial charge in [0.05, 0.1) is 4.90 Å². The first-order valence-corrected chi connectivity index (χ1v) is 10.0. The van der Waals surface area contributed by atoms with Crippen molar-refractivity contribution < 1.29 is 17.6 Å². The SMILES string of the molecule is O=C(NCc1ccccc1F)c1ccc(S(=O)(=O)N2CCCCC2)cc1. The molecular weight excluding hydrogens is 355 g/mol. The molecular formula is C19H21FN2O3S. The molecule has 26 heavy (non-hydrogen) atoms. The fourth-order valence-electron chi connectivity index (χ4n) is 2.95. The molecule has 0 atom stereocenters. The molecule has 0 aliphatic carbocycles. The predicted octanol–water partition coefficient (Wildman–Crippen LogP) is 2.93. The fraction of sp³-hybridized carbons (Fsp3) is 0.316. The monoisotopic (exact) mass is 376 g/mol. The van der Waals surface area contributed by atoms with Crippen LogP contribution in [0.25, 0.3) is 0 Å². The summed E-state index contributed by atoms with van der Waals surface area (Å²) >= 11 is 0. The van der Waals surface area contributed by atoms with Crippen LogP contribution in [0.2, 0.25) is 0 Å². The minimum atomic E-state index is -3.51. The van der Waals surface area contributed by atoms with Crippen LogP contribution in [0.4, 0.5) is 4.39 Å². The maximum Gasteiger partial charge on any atom is 0.251 e. The zero-order valence-electron chi connectivity index (χ0n) is 14.3. The van der Waals surface area contributed by atoms with Gasteiger partial charge in [-0.25, -0.2) is 12.8 Å². The topological polar surface area (TPSA) is 66.5 Å². The van der Waals surface area contributed by atoms with Crippen LogP contribution in [0.5, 0.6) is 0 Å². The van der Waals surface area contributed by atoms with E-state index in [0.717, 1.165) is 19.3 Å². The molecule has 7 heteroatoms. The number of carbonyl (C=O) groups is 1. The normalized spacial score (nSPS) is 15.6. The highest BCUT2D eigenvalue weighted by Gasteiger charge is 2.25. The van der Waals surface area contributed by atoms with Gasteiger partial charge in [0.1, 0.15) is 5.82 Å². The van der Waals surface area contributed by atoms with Crippen LogP contribution < -0.4 is 5.32 Å². The quantitative estimate of drug-likeness (QED) is 0.873. The van der Waals surface area contributed by atoms with E-state index in [4.69, 9.17) is 0 Å². The number of amides is 1. The lowest BCUT2D eigenvalue weighted by atomic mass is 10.2. The molecule has 3 rings (SSSR count). The van der Waals surface area contributed by atoms with Crippen molar-refractivity contribution in [2.45, 2.75) is 30.7 Å². The van der Waals surface area contributed by atoms with Crippen LogP contribution in [-0.2, 0) is 16.6 Å². The third-order valence-corrected chi connectivity index (χ3v) is 6.38. The molecule has 1 saturated heterocycles. The Balaban J connectivity index is 1.67. The molecule has 1 aliphatic rings. The lowest BCUT2D eigenvalue weighted by Gasteiger charge is -2.25. The molecule has 0 radical (unpaired) electrons. The fourth-order valence-corrected chi connectivity index (χ4v) is 4.47. The average Bonchev–Trinajstić information content (AvgIpc) is 2.68. The van der Waals surface area contributed by atoms with E-state index in [0.29, 0.717) is 24.2 Å². The number of benzene rings is 2. The van der Waals surface area contributed by atoms with Gasteiger partial charge in [-0.15, -0.1) is 0 Å². The highest BCUT2D eigenvalue weighted by molar-refractivity contribution is 7.89. The molecule has 1 N–H and O–H groups in total. The van der Waals surface area contributed by atoms with Gasteiger partial charge >= 0.3 is 0 Å². The van der Waals surface area contributed by atoms with Crippen molar-refractivity contribution >= 4 is 15.9 Å². The first kappa shape index (κ1) is 18.5. The van der Waals surface area contributed by atoms with Crippen LogP contribution in [-0.4, -0.2) is 31.7 Å². The number of hydrogen-bond donors (Lipinski definition) is 1. The van der Waals surface area contributed by atoms with Gasteiger partial charge in [0.2, 0.25) is 10.0 Å². The molecule has 0 unspecified atom stereocenters.